The molecule has 2 aromatic rings. The number of nitrogens with one attached hydrogen (secondary N) is 1. The molecule has 3 heterocycles. The van der Waals surface area contributed by atoms with Gasteiger partial charge in [-0.3, -0.25) is 14.5 Å². The van der Waals surface area contributed by atoms with Crippen molar-refractivity contribution in [1.29, 1.82) is 0 Å². The first-order chi connectivity index (χ1) is 12.0. The minimum Gasteiger partial charge on any atom is -0.462 e. The predicted octanol–water partition coefficient (Wildman–Crippen LogP) is 1.69. The molecule has 0 aromatic carbocycles. The number of amides is 2. The molecule has 1 fully saturated rings. The van der Waals surface area contributed by atoms with E-state index in [9.17, 15) is 9.59 Å². The number of piperazine rings is 1. The molecule has 0 spiro atoms. The van der Waals surface area contributed by atoms with Crippen LogP contribution in [0.3, 0.4) is 0 Å². The Balaban J connectivity index is 1.53. The van der Waals surface area contributed by atoms with E-state index in [1.165, 1.54) is 11.3 Å². The molecule has 0 bridgehead atoms. The van der Waals surface area contributed by atoms with Gasteiger partial charge in [0.1, 0.15) is 5.69 Å². The zero-order valence-electron chi connectivity index (χ0n) is 14.4. The summed E-state index contributed by atoms with van der Waals surface area (Å²) in [5.41, 5.74) is 0.447. The molecule has 1 aliphatic heterocycles. The van der Waals surface area contributed by atoms with E-state index in [0.717, 1.165) is 0 Å². The van der Waals surface area contributed by atoms with Gasteiger partial charge in [0.05, 0.1) is 12.8 Å². The molecule has 2 amide bonds. The van der Waals surface area contributed by atoms with Crippen LogP contribution in [0.25, 0.3) is 10.8 Å². The molecule has 0 unspecified atom stereocenters. The van der Waals surface area contributed by atoms with Gasteiger partial charge < -0.3 is 14.6 Å². The van der Waals surface area contributed by atoms with Gasteiger partial charge in [0.2, 0.25) is 5.91 Å². The lowest BCUT2D eigenvalue weighted by atomic mass is 10.2. The quantitative estimate of drug-likeness (QED) is 0.876. The molecule has 134 valence electrons. The smallest absolute Gasteiger partial charge is 0.273 e. The van der Waals surface area contributed by atoms with Crippen molar-refractivity contribution in [1.82, 2.24) is 20.1 Å². The Morgan fingerprint density at radius 3 is 2.72 bits per heavy atom. The minimum atomic E-state index is -0.0691. The second-order valence-electron chi connectivity index (χ2n) is 6.31. The number of hydrogen-bond donors (Lipinski definition) is 1. The van der Waals surface area contributed by atoms with Crippen LogP contribution in [0.5, 0.6) is 0 Å². The number of carbonyl (C=O) groups is 2. The lowest BCUT2D eigenvalue weighted by Gasteiger charge is -2.34. The average molecular weight is 362 g/mol. The third-order valence-electron chi connectivity index (χ3n) is 3.93. The number of rotatable bonds is 5. The molecule has 0 radical (unpaired) electrons. The van der Waals surface area contributed by atoms with Gasteiger partial charge in [0.25, 0.3) is 5.91 Å². The summed E-state index contributed by atoms with van der Waals surface area (Å²) in [6, 6.07) is 3.77. The minimum absolute atomic E-state index is 0.0253. The molecule has 0 aliphatic carbocycles. The number of thiazole rings is 1. The van der Waals surface area contributed by atoms with Gasteiger partial charge in [-0.15, -0.1) is 11.3 Å². The molecular formula is C17H22N4O3S. The standard InChI is InChI=1S/C17H22N4O3S/c1-12(2)18-15(22)10-20-5-7-21(8-6-20)17(23)13-11-25-16(19-13)14-4-3-9-24-14/h3-4,9,11-12H,5-8,10H2,1-2H3,(H,18,22). The van der Waals surface area contributed by atoms with Crippen LogP contribution in [0.2, 0.25) is 0 Å². The summed E-state index contributed by atoms with van der Waals surface area (Å²) in [4.78, 5) is 32.7. The highest BCUT2D eigenvalue weighted by molar-refractivity contribution is 7.13. The van der Waals surface area contributed by atoms with Crippen molar-refractivity contribution < 1.29 is 14.0 Å². The summed E-state index contributed by atoms with van der Waals surface area (Å²) in [5, 5.41) is 5.36. The molecule has 2 aromatic heterocycles. The van der Waals surface area contributed by atoms with Gasteiger partial charge in [-0.05, 0) is 26.0 Å². The van der Waals surface area contributed by atoms with Crippen molar-refractivity contribution in [3.63, 3.8) is 0 Å². The summed E-state index contributed by atoms with van der Waals surface area (Å²) in [6.07, 6.45) is 1.59. The fourth-order valence-corrected chi connectivity index (χ4v) is 3.49. The topological polar surface area (TPSA) is 78.7 Å². The maximum absolute atomic E-state index is 12.6. The maximum Gasteiger partial charge on any atom is 0.273 e. The molecule has 0 saturated carbocycles. The van der Waals surface area contributed by atoms with E-state index in [0.29, 0.717) is 49.2 Å². The molecular weight excluding hydrogens is 340 g/mol. The normalized spacial score (nSPS) is 15.6. The molecule has 3 rings (SSSR count). The van der Waals surface area contributed by atoms with Gasteiger partial charge in [0.15, 0.2) is 10.8 Å². The predicted molar refractivity (Wildman–Crippen MR) is 95.4 cm³/mol. The highest BCUT2D eigenvalue weighted by atomic mass is 32.1. The number of furan rings is 1. The molecule has 0 atom stereocenters. The van der Waals surface area contributed by atoms with Crippen LogP contribution in [-0.4, -0.2) is 65.4 Å². The van der Waals surface area contributed by atoms with Crippen LogP contribution in [0, 0.1) is 0 Å². The first-order valence-corrected chi connectivity index (χ1v) is 9.21. The van der Waals surface area contributed by atoms with E-state index in [4.69, 9.17) is 4.42 Å². The van der Waals surface area contributed by atoms with Crippen LogP contribution < -0.4 is 5.32 Å². The lowest BCUT2D eigenvalue weighted by molar-refractivity contribution is -0.123. The van der Waals surface area contributed by atoms with Crippen LogP contribution in [0.4, 0.5) is 0 Å². The zero-order chi connectivity index (χ0) is 17.8. The van der Waals surface area contributed by atoms with E-state index in [1.807, 2.05) is 19.9 Å². The maximum atomic E-state index is 12.6. The second-order valence-corrected chi connectivity index (χ2v) is 7.16. The van der Waals surface area contributed by atoms with E-state index in [2.05, 4.69) is 15.2 Å². The first-order valence-electron chi connectivity index (χ1n) is 8.33. The van der Waals surface area contributed by atoms with Crippen molar-refractivity contribution in [3.8, 4) is 10.8 Å². The first kappa shape index (κ1) is 17.6. The largest absolute Gasteiger partial charge is 0.462 e. The van der Waals surface area contributed by atoms with Crippen molar-refractivity contribution in [2.45, 2.75) is 19.9 Å². The summed E-state index contributed by atoms with van der Waals surface area (Å²) < 4.78 is 5.31. The van der Waals surface area contributed by atoms with E-state index in [-0.39, 0.29) is 17.9 Å². The lowest BCUT2D eigenvalue weighted by Crippen LogP contribution is -2.51. The second kappa shape index (κ2) is 7.79. The van der Waals surface area contributed by atoms with Crippen molar-refractivity contribution in [2.24, 2.45) is 0 Å². The van der Waals surface area contributed by atoms with Gasteiger partial charge in [-0.2, -0.15) is 0 Å². The summed E-state index contributed by atoms with van der Waals surface area (Å²) in [6.45, 7) is 6.83. The van der Waals surface area contributed by atoms with Gasteiger partial charge in [0, 0.05) is 37.6 Å². The van der Waals surface area contributed by atoms with Gasteiger partial charge >= 0.3 is 0 Å². The van der Waals surface area contributed by atoms with Crippen molar-refractivity contribution in [2.75, 3.05) is 32.7 Å². The monoisotopic (exact) mass is 362 g/mol. The van der Waals surface area contributed by atoms with Crippen LogP contribution in [0.1, 0.15) is 24.3 Å². The fraction of sp³-hybridized carbons (Fsp3) is 0.471. The molecule has 7 nitrogen and oxygen atoms in total. The average Bonchev–Trinajstić information content (AvgIpc) is 3.25. The van der Waals surface area contributed by atoms with Crippen LogP contribution in [0.15, 0.2) is 28.2 Å². The van der Waals surface area contributed by atoms with E-state index < -0.39 is 0 Å². The van der Waals surface area contributed by atoms with E-state index in [1.54, 1.807) is 22.6 Å². The number of hydrogen-bond acceptors (Lipinski definition) is 6. The third-order valence-corrected chi connectivity index (χ3v) is 4.79. The van der Waals surface area contributed by atoms with Crippen LogP contribution >= 0.6 is 11.3 Å². The van der Waals surface area contributed by atoms with Gasteiger partial charge in [-0.25, -0.2) is 4.98 Å². The van der Waals surface area contributed by atoms with Crippen LogP contribution in [-0.2, 0) is 4.79 Å². The number of aromatic nitrogens is 1. The Bertz CT molecular complexity index is 718. The Morgan fingerprint density at radius 2 is 2.08 bits per heavy atom. The summed E-state index contributed by atoms with van der Waals surface area (Å²) in [5.74, 6) is 0.628. The highest BCUT2D eigenvalue weighted by Gasteiger charge is 2.25. The molecule has 25 heavy (non-hydrogen) atoms. The molecule has 1 aliphatic rings. The fourth-order valence-electron chi connectivity index (χ4n) is 2.73. The summed E-state index contributed by atoms with van der Waals surface area (Å²) in [7, 11) is 0. The highest BCUT2D eigenvalue weighted by Crippen LogP contribution is 2.24. The Morgan fingerprint density at radius 1 is 1.32 bits per heavy atom. The van der Waals surface area contributed by atoms with E-state index >= 15 is 0 Å². The zero-order valence-corrected chi connectivity index (χ0v) is 15.2. The SMILES string of the molecule is CC(C)NC(=O)CN1CCN(C(=O)c2csc(-c3ccco3)n2)CC1. The molecule has 1 saturated heterocycles. The Hall–Kier alpha value is -2.19. The van der Waals surface area contributed by atoms with Gasteiger partial charge in [-0.1, -0.05) is 0 Å². The Kier molecular flexibility index (Phi) is 5.50. The third kappa shape index (κ3) is 4.46. The Labute approximate surface area is 150 Å². The molecule has 8 heteroatoms. The van der Waals surface area contributed by atoms with Crippen molar-refractivity contribution in [3.05, 3.63) is 29.5 Å². The number of carbonyl (C=O) groups excluding carboxylic acids is 2. The molecule has 1 N–H and O–H groups in total. The number of nitrogens with zero attached hydrogens (tertiary/aromatic N) is 3. The van der Waals surface area contributed by atoms with Crippen molar-refractivity contribution >= 4 is 23.2 Å². The summed E-state index contributed by atoms with van der Waals surface area (Å²) >= 11 is 1.40.